The highest BCUT2D eigenvalue weighted by molar-refractivity contribution is 7.85. The smallest absolute Gasteiger partial charge is 0.322 e. The van der Waals surface area contributed by atoms with Crippen LogP contribution in [0.5, 0.6) is 0 Å². The van der Waals surface area contributed by atoms with Crippen molar-refractivity contribution >= 4 is 16.1 Å². The molecule has 0 aliphatic rings. The maximum atomic E-state index is 11.0. The van der Waals surface area contributed by atoms with E-state index in [1.54, 1.807) is 19.1 Å². The van der Waals surface area contributed by atoms with Crippen molar-refractivity contribution < 1.29 is 22.5 Å². The summed E-state index contributed by atoms with van der Waals surface area (Å²) in [5.41, 5.74) is 7.25. The second kappa shape index (κ2) is 9.17. The minimum atomic E-state index is -4.02. The molecule has 2 rings (SSSR count). The lowest BCUT2D eigenvalue weighted by atomic mass is 10.2. The third-order valence-electron chi connectivity index (χ3n) is 2.91. The van der Waals surface area contributed by atoms with Crippen molar-refractivity contribution in [3.05, 3.63) is 65.7 Å². The SMILES string of the molecule is C[C@@H](N)C(=O)OCc1ccccc1.Cc1ccc(S(=O)(=O)O)cc1. The third kappa shape index (κ3) is 7.36. The minimum Gasteiger partial charge on any atom is -0.460 e. The molecule has 130 valence electrons. The monoisotopic (exact) mass is 351 g/mol. The lowest BCUT2D eigenvalue weighted by Gasteiger charge is -2.06. The van der Waals surface area contributed by atoms with Gasteiger partial charge in [0.25, 0.3) is 10.1 Å². The molecule has 6 nitrogen and oxygen atoms in total. The van der Waals surface area contributed by atoms with Crippen LogP contribution in [0.1, 0.15) is 18.1 Å². The van der Waals surface area contributed by atoms with Crippen molar-refractivity contribution in [3.8, 4) is 0 Å². The molecule has 2 aromatic carbocycles. The molecule has 0 saturated carbocycles. The molecule has 0 heterocycles. The molecule has 0 unspecified atom stereocenters. The number of aryl methyl sites for hydroxylation is 1. The summed E-state index contributed by atoms with van der Waals surface area (Å²) in [6, 6.07) is 14.9. The second-order valence-corrected chi connectivity index (χ2v) is 6.59. The van der Waals surface area contributed by atoms with E-state index in [1.807, 2.05) is 37.3 Å². The van der Waals surface area contributed by atoms with Crippen LogP contribution in [0.3, 0.4) is 0 Å². The lowest BCUT2D eigenvalue weighted by Crippen LogP contribution is -2.28. The molecule has 0 aliphatic carbocycles. The van der Waals surface area contributed by atoms with Gasteiger partial charge in [-0.15, -0.1) is 0 Å². The van der Waals surface area contributed by atoms with E-state index >= 15 is 0 Å². The fourth-order valence-corrected chi connectivity index (χ4v) is 2.05. The Morgan fingerprint density at radius 2 is 1.67 bits per heavy atom. The quantitative estimate of drug-likeness (QED) is 0.647. The topological polar surface area (TPSA) is 107 Å². The summed E-state index contributed by atoms with van der Waals surface area (Å²) in [5, 5.41) is 0. The van der Waals surface area contributed by atoms with Crippen molar-refractivity contribution in [2.45, 2.75) is 31.4 Å². The van der Waals surface area contributed by atoms with Crippen LogP contribution in [0.2, 0.25) is 0 Å². The largest absolute Gasteiger partial charge is 0.460 e. The number of carbonyl (C=O) groups is 1. The van der Waals surface area contributed by atoms with Crippen LogP contribution in [0.4, 0.5) is 0 Å². The summed E-state index contributed by atoms with van der Waals surface area (Å²) >= 11 is 0. The second-order valence-electron chi connectivity index (χ2n) is 5.17. The van der Waals surface area contributed by atoms with Crippen LogP contribution < -0.4 is 5.73 Å². The standard InChI is InChI=1S/C10H13NO2.C7H8O3S/c1-8(11)10(12)13-7-9-5-3-2-4-6-9;1-6-2-4-7(5-3-6)11(8,9)10/h2-6,8H,7,11H2,1H3;2-5H,1H3,(H,8,9,10)/t8-;/m1./s1. The summed E-state index contributed by atoms with van der Waals surface area (Å²) in [7, 11) is -4.02. The maximum absolute atomic E-state index is 11.0. The Bertz CT molecular complexity index is 740. The molecule has 0 saturated heterocycles. The highest BCUT2D eigenvalue weighted by Crippen LogP contribution is 2.08. The first-order valence-corrected chi connectivity index (χ1v) is 8.64. The molecule has 0 fully saturated rings. The first-order chi connectivity index (χ1) is 11.2. The van der Waals surface area contributed by atoms with E-state index in [0.717, 1.165) is 11.1 Å². The Morgan fingerprint density at radius 1 is 1.12 bits per heavy atom. The average molecular weight is 351 g/mol. The van der Waals surface area contributed by atoms with Gasteiger partial charge in [-0.3, -0.25) is 9.35 Å². The van der Waals surface area contributed by atoms with E-state index in [4.69, 9.17) is 15.0 Å². The molecule has 1 atom stereocenters. The normalized spacial score (nSPS) is 11.8. The molecule has 0 aliphatic heterocycles. The zero-order valence-electron chi connectivity index (χ0n) is 13.5. The zero-order chi connectivity index (χ0) is 18.2. The highest BCUT2D eigenvalue weighted by Gasteiger charge is 2.08. The van der Waals surface area contributed by atoms with E-state index in [0.29, 0.717) is 6.61 Å². The summed E-state index contributed by atoms with van der Waals surface area (Å²) in [6.45, 7) is 3.74. The number of esters is 1. The predicted octanol–water partition coefficient (Wildman–Crippen LogP) is 2.32. The van der Waals surface area contributed by atoms with Gasteiger partial charge >= 0.3 is 5.97 Å². The van der Waals surface area contributed by atoms with E-state index in [9.17, 15) is 13.2 Å². The van der Waals surface area contributed by atoms with Crippen molar-refractivity contribution in [3.63, 3.8) is 0 Å². The summed E-state index contributed by atoms with van der Waals surface area (Å²) in [5.74, 6) is -0.371. The molecule has 0 spiro atoms. The van der Waals surface area contributed by atoms with Gasteiger partial charge in [-0.1, -0.05) is 48.0 Å². The van der Waals surface area contributed by atoms with Crippen LogP contribution in [0.25, 0.3) is 0 Å². The number of hydrogen-bond acceptors (Lipinski definition) is 5. The van der Waals surface area contributed by atoms with Gasteiger partial charge in [-0.25, -0.2) is 0 Å². The van der Waals surface area contributed by atoms with Gasteiger partial charge in [0.2, 0.25) is 0 Å². The van der Waals surface area contributed by atoms with Crippen LogP contribution in [-0.2, 0) is 26.3 Å². The fourth-order valence-electron chi connectivity index (χ4n) is 1.57. The number of nitrogens with two attached hydrogens (primary N) is 1. The molecule has 0 bridgehead atoms. The molecule has 24 heavy (non-hydrogen) atoms. The fraction of sp³-hybridized carbons (Fsp3) is 0.235. The third-order valence-corrected chi connectivity index (χ3v) is 3.78. The Kier molecular flexibility index (Phi) is 7.57. The number of benzene rings is 2. The Balaban J connectivity index is 0.000000243. The molecular formula is C17H21NO5S. The number of ether oxygens (including phenoxy) is 1. The van der Waals surface area contributed by atoms with Gasteiger partial charge < -0.3 is 10.5 Å². The van der Waals surface area contributed by atoms with E-state index in [-0.39, 0.29) is 10.9 Å². The predicted molar refractivity (Wildman–Crippen MR) is 90.9 cm³/mol. The number of carbonyl (C=O) groups excluding carboxylic acids is 1. The molecule has 7 heteroatoms. The van der Waals surface area contributed by atoms with Crippen molar-refractivity contribution in [2.75, 3.05) is 0 Å². The Morgan fingerprint density at radius 3 is 2.12 bits per heavy atom. The van der Waals surface area contributed by atoms with Gasteiger partial charge in [0.1, 0.15) is 12.6 Å². The summed E-state index contributed by atoms with van der Waals surface area (Å²) in [6.07, 6.45) is 0. The van der Waals surface area contributed by atoms with Crippen LogP contribution in [0, 0.1) is 6.92 Å². The minimum absolute atomic E-state index is 0.0666. The molecule has 3 N–H and O–H groups in total. The molecule has 2 aromatic rings. The van der Waals surface area contributed by atoms with Crippen molar-refractivity contribution in [1.82, 2.24) is 0 Å². The summed E-state index contributed by atoms with van der Waals surface area (Å²) < 4.78 is 34.5. The first kappa shape index (κ1) is 19.8. The van der Waals surface area contributed by atoms with Crippen LogP contribution in [0.15, 0.2) is 59.5 Å². The van der Waals surface area contributed by atoms with Gasteiger partial charge in [0, 0.05) is 0 Å². The average Bonchev–Trinajstić information content (AvgIpc) is 2.53. The van der Waals surface area contributed by atoms with E-state index < -0.39 is 16.2 Å². The maximum Gasteiger partial charge on any atom is 0.322 e. The highest BCUT2D eigenvalue weighted by atomic mass is 32.2. The van der Waals surface area contributed by atoms with Gasteiger partial charge in [-0.05, 0) is 31.5 Å². The number of rotatable bonds is 4. The Labute approximate surface area is 142 Å². The lowest BCUT2D eigenvalue weighted by molar-refractivity contribution is -0.146. The van der Waals surface area contributed by atoms with Gasteiger partial charge in [0.05, 0.1) is 4.90 Å². The Hall–Kier alpha value is -2.22. The molecular weight excluding hydrogens is 330 g/mol. The summed E-state index contributed by atoms with van der Waals surface area (Å²) in [4.78, 5) is 10.9. The first-order valence-electron chi connectivity index (χ1n) is 7.20. The van der Waals surface area contributed by atoms with Crippen molar-refractivity contribution in [1.29, 1.82) is 0 Å². The van der Waals surface area contributed by atoms with Gasteiger partial charge in [0.15, 0.2) is 0 Å². The van der Waals surface area contributed by atoms with Crippen LogP contribution in [-0.4, -0.2) is 25.0 Å². The van der Waals surface area contributed by atoms with Gasteiger partial charge in [-0.2, -0.15) is 8.42 Å². The molecule has 0 radical (unpaired) electrons. The van der Waals surface area contributed by atoms with Crippen LogP contribution >= 0.6 is 0 Å². The zero-order valence-corrected chi connectivity index (χ0v) is 14.4. The molecule has 0 aromatic heterocycles. The molecule has 0 amide bonds. The van der Waals surface area contributed by atoms with E-state index in [2.05, 4.69) is 0 Å². The van der Waals surface area contributed by atoms with E-state index in [1.165, 1.54) is 12.1 Å². The van der Waals surface area contributed by atoms with Crippen molar-refractivity contribution in [2.24, 2.45) is 5.73 Å². The number of hydrogen-bond donors (Lipinski definition) is 2.